The molecule has 0 aliphatic carbocycles. The number of fused-ring (bicyclic) bond motifs is 1. The zero-order valence-electron chi connectivity index (χ0n) is 20.4. The standard InChI is InChI=1S/C27H30BrN3O3/c1-15(2)31-23-9-7-18(12-20(23)17(4)14-27(31,5)6)13-21-24(32)29-26(34)30(25(21)33)22-10-8-19(28)11-16(22)3/h7-13,15,17H,14H2,1-6H3,(H,29,32,34)/b21-13+. The summed E-state index contributed by atoms with van der Waals surface area (Å²) < 4.78 is 0.840. The van der Waals surface area contributed by atoms with Crippen molar-refractivity contribution >= 4 is 51.2 Å². The van der Waals surface area contributed by atoms with Gasteiger partial charge in [-0.25, -0.2) is 9.69 Å². The van der Waals surface area contributed by atoms with E-state index < -0.39 is 17.8 Å². The van der Waals surface area contributed by atoms with E-state index in [-0.39, 0.29) is 11.1 Å². The van der Waals surface area contributed by atoms with Crippen LogP contribution >= 0.6 is 15.9 Å². The van der Waals surface area contributed by atoms with Crippen molar-refractivity contribution in [1.29, 1.82) is 0 Å². The number of nitrogens with zero attached hydrogens (tertiary/aromatic N) is 2. The normalized spacial score (nSPS) is 21.2. The molecule has 4 amide bonds. The molecule has 0 aromatic heterocycles. The summed E-state index contributed by atoms with van der Waals surface area (Å²) in [6.07, 6.45) is 2.58. The smallest absolute Gasteiger partial charge is 0.335 e. The summed E-state index contributed by atoms with van der Waals surface area (Å²) in [7, 11) is 0. The average molecular weight is 524 g/mol. The maximum Gasteiger partial charge on any atom is 0.335 e. The lowest BCUT2D eigenvalue weighted by Gasteiger charge is -2.50. The van der Waals surface area contributed by atoms with Crippen LogP contribution in [0.4, 0.5) is 16.2 Å². The van der Waals surface area contributed by atoms with E-state index in [9.17, 15) is 14.4 Å². The Bertz CT molecular complexity index is 1230. The van der Waals surface area contributed by atoms with Gasteiger partial charge in [0.1, 0.15) is 5.57 Å². The van der Waals surface area contributed by atoms with Crippen molar-refractivity contribution in [1.82, 2.24) is 5.32 Å². The lowest BCUT2D eigenvalue weighted by Crippen LogP contribution is -2.54. The third kappa shape index (κ3) is 4.17. The minimum absolute atomic E-state index is 0.0309. The van der Waals surface area contributed by atoms with Crippen LogP contribution < -0.4 is 15.1 Å². The molecular formula is C27H30BrN3O3. The summed E-state index contributed by atoms with van der Waals surface area (Å²) in [6.45, 7) is 12.9. The number of barbiturate groups is 1. The van der Waals surface area contributed by atoms with Crippen molar-refractivity contribution in [2.75, 3.05) is 9.80 Å². The minimum Gasteiger partial charge on any atom is -0.364 e. The first-order valence-electron chi connectivity index (χ1n) is 11.5. The Labute approximate surface area is 209 Å². The fourth-order valence-electron chi connectivity index (χ4n) is 5.45. The van der Waals surface area contributed by atoms with Gasteiger partial charge in [0, 0.05) is 21.7 Å². The molecule has 6 nitrogen and oxygen atoms in total. The molecule has 34 heavy (non-hydrogen) atoms. The zero-order valence-corrected chi connectivity index (χ0v) is 22.0. The SMILES string of the molecule is Cc1cc(Br)ccc1N1C(=O)NC(=O)/C(=C\c2ccc3c(c2)C(C)CC(C)(C)N3C(C)C)C1=O. The van der Waals surface area contributed by atoms with Gasteiger partial charge in [-0.05, 0) is 100 Å². The highest BCUT2D eigenvalue weighted by Crippen LogP contribution is 2.44. The van der Waals surface area contributed by atoms with Gasteiger partial charge in [-0.2, -0.15) is 0 Å². The first-order valence-corrected chi connectivity index (χ1v) is 12.3. The second kappa shape index (κ2) is 8.69. The lowest BCUT2D eigenvalue weighted by molar-refractivity contribution is -0.122. The number of urea groups is 1. The van der Waals surface area contributed by atoms with Gasteiger partial charge in [0.25, 0.3) is 11.8 Å². The Morgan fingerprint density at radius 1 is 1.09 bits per heavy atom. The number of nitrogens with one attached hydrogen (secondary N) is 1. The molecule has 1 unspecified atom stereocenters. The van der Waals surface area contributed by atoms with E-state index >= 15 is 0 Å². The first kappa shape index (κ1) is 24.2. The van der Waals surface area contributed by atoms with Crippen LogP contribution in [0.3, 0.4) is 0 Å². The first-order chi connectivity index (χ1) is 15.9. The molecule has 0 radical (unpaired) electrons. The maximum atomic E-state index is 13.3. The molecule has 2 aromatic rings. The molecule has 0 spiro atoms. The summed E-state index contributed by atoms with van der Waals surface area (Å²) >= 11 is 3.40. The largest absolute Gasteiger partial charge is 0.364 e. The maximum absolute atomic E-state index is 13.3. The molecular weight excluding hydrogens is 494 g/mol. The number of rotatable bonds is 3. The van der Waals surface area contributed by atoms with Gasteiger partial charge in [-0.15, -0.1) is 0 Å². The van der Waals surface area contributed by atoms with Gasteiger partial charge in [-0.3, -0.25) is 14.9 Å². The highest BCUT2D eigenvalue weighted by Gasteiger charge is 2.39. The monoisotopic (exact) mass is 523 g/mol. The van der Waals surface area contributed by atoms with E-state index in [2.05, 4.69) is 72.9 Å². The fraction of sp³-hybridized carbons (Fsp3) is 0.370. The van der Waals surface area contributed by atoms with Gasteiger partial charge in [-0.1, -0.05) is 28.9 Å². The molecule has 4 rings (SSSR count). The van der Waals surface area contributed by atoms with Crippen LogP contribution in [0, 0.1) is 6.92 Å². The summed E-state index contributed by atoms with van der Waals surface area (Å²) in [5.74, 6) is -0.982. The number of hydrogen-bond donors (Lipinski definition) is 1. The van der Waals surface area contributed by atoms with Crippen LogP contribution in [-0.2, 0) is 9.59 Å². The van der Waals surface area contributed by atoms with E-state index in [1.165, 1.54) is 11.3 Å². The van der Waals surface area contributed by atoms with Gasteiger partial charge < -0.3 is 4.90 Å². The van der Waals surface area contributed by atoms with Crippen molar-refractivity contribution in [2.45, 2.75) is 65.5 Å². The molecule has 178 valence electrons. The topological polar surface area (TPSA) is 69.7 Å². The van der Waals surface area contributed by atoms with Crippen LogP contribution in [0.25, 0.3) is 6.08 Å². The second-order valence-corrected chi connectivity index (χ2v) is 11.0. The van der Waals surface area contributed by atoms with Crippen molar-refractivity contribution < 1.29 is 14.4 Å². The molecule has 2 aliphatic rings. The van der Waals surface area contributed by atoms with E-state index in [0.29, 0.717) is 17.6 Å². The van der Waals surface area contributed by atoms with E-state index in [1.807, 2.05) is 19.1 Å². The van der Waals surface area contributed by atoms with Crippen LogP contribution in [0.15, 0.2) is 46.4 Å². The summed E-state index contributed by atoms with van der Waals surface area (Å²) in [5, 5.41) is 2.31. The molecule has 0 bridgehead atoms. The van der Waals surface area contributed by atoms with Crippen molar-refractivity contribution in [3.8, 4) is 0 Å². The summed E-state index contributed by atoms with van der Waals surface area (Å²) in [5.41, 5.74) is 4.29. The Hall–Kier alpha value is -2.93. The van der Waals surface area contributed by atoms with Crippen LogP contribution in [-0.4, -0.2) is 29.4 Å². The number of carbonyl (C=O) groups is 3. The summed E-state index contributed by atoms with van der Waals surface area (Å²) in [6, 6.07) is 10.9. The predicted molar refractivity (Wildman–Crippen MR) is 139 cm³/mol. The Morgan fingerprint density at radius 3 is 2.41 bits per heavy atom. The average Bonchev–Trinajstić information content (AvgIpc) is 2.72. The highest BCUT2D eigenvalue weighted by molar-refractivity contribution is 9.10. The van der Waals surface area contributed by atoms with Crippen molar-refractivity contribution in [3.05, 3.63) is 63.1 Å². The van der Waals surface area contributed by atoms with E-state index in [0.717, 1.165) is 26.9 Å². The Morgan fingerprint density at radius 2 is 1.76 bits per heavy atom. The molecule has 2 aliphatic heterocycles. The van der Waals surface area contributed by atoms with Crippen molar-refractivity contribution in [2.24, 2.45) is 0 Å². The number of benzene rings is 2. The number of carbonyl (C=O) groups excluding carboxylic acids is 3. The predicted octanol–water partition coefficient (Wildman–Crippen LogP) is 5.92. The number of imide groups is 2. The Kier molecular flexibility index (Phi) is 6.19. The Balaban J connectivity index is 1.75. The van der Waals surface area contributed by atoms with E-state index in [4.69, 9.17) is 0 Å². The zero-order chi connectivity index (χ0) is 24.9. The molecule has 2 aromatic carbocycles. The number of halogens is 1. The number of anilines is 2. The van der Waals surface area contributed by atoms with Crippen LogP contribution in [0.1, 0.15) is 63.6 Å². The number of hydrogen-bond acceptors (Lipinski definition) is 4. The highest BCUT2D eigenvalue weighted by atomic mass is 79.9. The number of aryl methyl sites for hydroxylation is 1. The molecule has 7 heteroatoms. The summed E-state index contributed by atoms with van der Waals surface area (Å²) in [4.78, 5) is 42.0. The van der Waals surface area contributed by atoms with Gasteiger partial charge in [0.05, 0.1) is 5.69 Å². The van der Waals surface area contributed by atoms with Crippen LogP contribution in [0.2, 0.25) is 0 Å². The van der Waals surface area contributed by atoms with Gasteiger partial charge >= 0.3 is 6.03 Å². The molecule has 1 fully saturated rings. The second-order valence-electron chi connectivity index (χ2n) is 10.1. The third-order valence-electron chi connectivity index (χ3n) is 6.63. The van der Waals surface area contributed by atoms with E-state index in [1.54, 1.807) is 18.2 Å². The molecule has 2 heterocycles. The molecule has 1 atom stereocenters. The lowest BCUT2D eigenvalue weighted by atomic mass is 9.78. The van der Waals surface area contributed by atoms with Crippen molar-refractivity contribution in [3.63, 3.8) is 0 Å². The third-order valence-corrected chi connectivity index (χ3v) is 7.12. The van der Waals surface area contributed by atoms with Gasteiger partial charge in [0.15, 0.2) is 0 Å². The molecule has 0 saturated carbocycles. The van der Waals surface area contributed by atoms with Crippen LogP contribution in [0.5, 0.6) is 0 Å². The fourth-order valence-corrected chi connectivity index (χ4v) is 5.93. The number of amides is 4. The molecule has 1 saturated heterocycles. The quantitative estimate of drug-likeness (QED) is 0.400. The molecule has 1 N–H and O–H groups in total. The van der Waals surface area contributed by atoms with Gasteiger partial charge in [0.2, 0.25) is 0 Å². The minimum atomic E-state index is -0.744.